The van der Waals surface area contributed by atoms with Gasteiger partial charge in [0.05, 0.1) is 46.2 Å². The van der Waals surface area contributed by atoms with Crippen LogP contribution in [0.15, 0.2) is 54.6 Å². The van der Waals surface area contributed by atoms with E-state index in [0.717, 1.165) is 6.42 Å². The van der Waals surface area contributed by atoms with Gasteiger partial charge in [-0.15, -0.1) is 0 Å². The zero-order valence-electron chi connectivity index (χ0n) is 60.7. The van der Waals surface area contributed by atoms with E-state index in [1.165, 1.54) is 37.9 Å². The summed E-state index contributed by atoms with van der Waals surface area (Å²) < 4.78 is 93.9. The van der Waals surface area contributed by atoms with Crippen LogP contribution < -0.4 is 16.0 Å². The molecule has 0 aliphatic carbocycles. The second-order valence-corrected chi connectivity index (χ2v) is 29.7. The van der Waals surface area contributed by atoms with Crippen molar-refractivity contribution in [2.45, 2.75) is 265 Å². The molecule has 0 amide bonds. The molecule has 0 spiro atoms. The van der Waals surface area contributed by atoms with Crippen molar-refractivity contribution in [3.63, 3.8) is 0 Å². The van der Waals surface area contributed by atoms with Gasteiger partial charge in [-0.25, -0.2) is 0 Å². The lowest BCUT2D eigenvalue weighted by Gasteiger charge is -2.50. The first-order valence-electron chi connectivity index (χ1n) is 37.8. The Morgan fingerprint density at radius 3 is 0.743 bits per heavy atom. The summed E-state index contributed by atoms with van der Waals surface area (Å²) in [6.07, 6.45) is -80.0. The summed E-state index contributed by atoms with van der Waals surface area (Å²) >= 11 is 0. The van der Waals surface area contributed by atoms with E-state index in [4.69, 9.17) is 75.8 Å². The Balaban J connectivity index is 0.710. The average Bonchev–Trinajstić information content (AvgIpc) is 0.742. The van der Waals surface area contributed by atoms with E-state index in [2.05, 4.69) is 70.5 Å². The molecule has 0 radical (unpaired) electrons. The van der Waals surface area contributed by atoms with Gasteiger partial charge in [0.25, 0.3) is 0 Å². The second kappa shape index (κ2) is 38.3. The normalized spacial score (nSPS) is 45.9. The quantitative estimate of drug-likeness (QED) is 0.0306. The van der Waals surface area contributed by atoms with Crippen molar-refractivity contribution in [2.24, 2.45) is 0 Å². The number of benzene rings is 4. The van der Waals surface area contributed by atoms with Crippen LogP contribution in [0.3, 0.4) is 0 Å². The Morgan fingerprint density at radius 1 is 0.230 bits per heavy atom. The van der Waals surface area contributed by atoms with Crippen molar-refractivity contribution in [1.29, 1.82) is 0 Å². The first-order valence-corrected chi connectivity index (χ1v) is 37.8. The minimum Gasteiger partial charge on any atom is -0.394 e. The highest BCUT2D eigenvalue weighted by atomic mass is 16.8. The van der Waals surface area contributed by atoms with Gasteiger partial charge in [-0.1, -0.05) is 54.6 Å². The van der Waals surface area contributed by atoms with E-state index in [-0.39, 0.29) is 13.1 Å². The molecule has 0 unspecified atom stereocenters. The van der Waals surface area contributed by atoms with Crippen LogP contribution in [0.1, 0.15) is 18.4 Å². The summed E-state index contributed by atoms with van der Waals surface area (Å²) in [4.78, 5) is 0. The fourth-order valence-electron chi connectivity index (χ4n) is 16.1. The maximum Gasteiger partial charge on any atom is 0.187 e. The molecule has 40 atom stereocenters. The van der Waals surface area contributed by atoms with Crippen LogP contribution in [0.2, 0.25) is 0 Å². The summed E-state index contributed by atoms with van der Waals surface area (Å²) in [7, 11) is 0. The number of nitrogens with one attached hydrogen (secondary N) is 3. The lowest BCUT2D eigenvalue weighted by atomic mass is 9.92. The van der Waals surface area contributed by atoms with E-state index in [1.807, 2.05) is 0 Å². The summed E-state index contributed by atoms with van der Waals surface area (Å²) in [5.74, 6) is 0. The molecule has 113 heavy (non-hydrogen) atoms. The van der Waals surface area contributed by atoms with Gasteiger partial charge in [0.1, 0.15) is 195 Å². The third-order valence-corrected chi connectivity index (χ3v) is 22.4. The van der Waals surface area contributed by atoms with Crippen LogP contribution in [0.25, 0.3) is 32.3 Å². The van der Waals surface area contributed by atoms with E-state index in [9.17, 15) is 117 Å². The van der Waals surface area contributed by atoms with Crippen LogP contribution >= 0.6 is 0 Å². The fourth-order valence-corrected chi connectivity index (χ4v) is 16.1. The number of rotatable bonds is 19. The molecule has 0 aromatic heterocycles. The first kappa shape index (κ1) is 87.1. The van der Waals surface area contributed by atoms with E-state index >= 15 is 0 Å². The van der Waals surface area contributed by atoms with Crippen molar-refractivity contribution < 1.29 is 193 Å². The Hall–Kier alpha value is -3.76. The largest absolute Gasteiger partial charge is 0.394 e. The molecule has 30 aliphatic heterocycles. The van der Waals surface area contributed by atoms with Crippen LogP contribution in [-0.2, 0) is 82.3 Å². The summed E-state index contributed by atoms with van der Waals surface area (Å²) in [6.45, 7) is -5.00. The van der Waals surface area contributed by atoms with Crippen LogP contribution in [0.5, 0.6) is 0 Å². The number of aliphatic hydroxyl groups is 23. The SMILES string of the molecule is OC[C@H]1O[C@@H]2O[C@H]3[C@H](O)[C@@H](O)[C@@H](O[C@H]4[C@H](O)[C@@H](O)[C@@H](O[C@H]5[C@H](O)[C@@H](O)[C@@H](O[C@H]6[C@H](O)[C@@H](O)[C@@H](O[C@H]7[C@H](O)[C@@H](O)[C@@H](O[C@H]8[C@H](O)[C@@H](O)[C@@H](O[C@H]9[C@H](O)[C@@H](O)[C@@H](O[C@H]1[C@H](O)[C@H]2O)O[C@@H]9CO)O[C@@H]8CO)O[C@@H]7CO)O[C@@H]6CNCCCNCCCNCc1ccc2ccc6cccc7ccc1c2c67)O[C@@H]5CO)O[C@@H]4CO)O[C@@H]3CO. The minimum absolute atomic E-state index is 0.266. The molecule has 0 saturated carbocycles. The Bertz CT molecular complexity index is 3580. The Morgan fingerprint density at radius 2 is 0.460 bits per heavy atom. The van der Waals surface area contributed by atoms with Crippen LogP contribution in [0, 0.1) is 0 Å². The molecule has 4 aromatic rings. The molecule has 638 valence electrons. The minimum atomic E-state index is -2.25. The molecule has 30 saturated heterocycles. The molecule has 4 aromatic carbocycles. The predicted molar refractivity (Wildman–Crippen MR) is 371 cm³/mol. The maximum absolute atomic E-state index is 12.1. The predicted octanol–water partition coefficient (Wildman–Crippen LogP) is -12.8. The van der Waals surface area contributed by atoms with Crippen LogP contribution in [-0.4, -0.2) is 442 Å². The van der Waals surface area contributed by atoms with Gasteiger partial charge in [-0.3, -0.25) is 0 Å². The molecular weight excluding hydrogens is 1520 g/mol. The van der Waals surface area contributed by atoms with Crippen molar-refractivity contribution in [1.82, 2.24) is 16.0 Å². The van der Waals surface area contributed by atoms with Crippen molar-refractivity contribution >= 4 is 32.3 Å². The lowest BCUT2D eigenvalue weighted by molar-refractivity contribution is -0.403. The average molecular weight is 1620 g/mol. The van der Waals surface area contributed by atoms with Gasteiger partial charge in [-0.05, 0) is 76.9 Å². The molecule has 30 fully saturated rings. The first-order chi connectivity index (χ1) is 54.4. The van der Waals surface area contributed by atoms with Gasteiger partial charge >= 0.3 is 0 Å². The number of ether oxygens (including phenoxy) is 16. The van der Waals surface area contributed by atoms with Gasteiger partial charge in [-0.2, -0.15) is 0 Å². The molecule has 30 heterocycles. The molecular formula is C71H105N3O39. The summed E-state index contributed by atoms with van der Waals surface area (Å²) in [6, 6.07) is 19.1. The molecule has 42 nitrogen and oxygen atoms in total. The highest BCUT2D eigenvalue weighted by Gasteiger charge is 2.61. The standard InChI is InChI=1S/C71H105N3O39/c75-18-31-57-42(84)50(92)66(100-31)109-59-33(20-77)102-68(52(94)44(59)86)111-61-35(22-79)104-70(54(96)46(61)88)113-63-37(24-81)105-71(55(97)47(63)89)112-62-36(23-80)103-69(53(95)45(62)87)110-60-34(21-78)101-67(51(93)43(60)85)108-58-32(19-76)99-65(49(91)41(58)83)106-56-30(98-64(107-57)48(90)40(56)82)17-74-15-3-13-72-12-2-14-73-16-28-9-8-27-7-6-25-4-1-5-26-10-11-29(28)39(27)38(25)26/h1,4-11,30-37,40-97H,2-3,12-24H2/t30-,31-,32-,33-,34-,35-,36-,37-,40-,41-,42-,43-,44-,45-,46-,47-,48-,49-,50-,51-,52-,53-,54-,55-,56-,57-,58-,59-,60-,61-,62-,63-,64-,65-,66-,67-,68-,69-,70-,71-/m1/s1. The second-order valence-electron chi connectivity index (χ2n) is 29.7. The van der Waals surface area contributed by atoms with Gasteiger partial charge in [0, 0.05) is 13.1 Å². The fraction of sp³-hybridized carbons (Fsp3) is 0.775. The van der Waals surface area contributed by atoms with Crippen molar-refractivity contribution in [3.05, 3.63) is 60.2 Å². The Labute approximate surface area is 643 Å². The smallest absolute Gasteiger partial charge is 0.187 e. The lowest BCUT2D eigenvalue weighted by Crippen LogP contribution is -2.69. The maximum atomic E-state index is 12.1. The highest BCUT2D eigenvalue weighted by molar-refractivity contribution is 6.23. The highest BCUT2D eigenvalue weighted by Crippen LogP contribution is 2.42. The number of hydrogen-bond acceptors (Lipinski definition) is 42. The van der Waals surface area contributed by atoms with Gasteiger partial charge in [0.2, 0.25) is 0 Å². The van der Waals surface area contributed by atoms with Crippen LogP contribution in [0.4, 0.5) is 0 Å². The van der Waals surface area contributed by atoms with Gasteiger partial charge in [0.15, 0.2) is 50.3 Å². The van der Waals surface area contributed by atoms with E-state index in [0.29, 0.717) is 32.6 Å². The molecule has 34 rings (SSSR count). The monoisotopic (exact) mass is 1620 g/mol. The zero-order valence-corrected chi connectivity index (χ0v) is 60.7. The summed E-state index contributed by atoms with van der Waals surface area (Å²) in [5, 5.41) is 278. The third kappa shape index (κ3) is 17.9. The number of hydrogen-bond donors (Lipinski definition) is 26. The Kier molecular flexibility index (Phi) is 29.5. The van der Waals surface area contributed by atoms with Crippen molar-refractivity contribution in [3.8, 4) is 0 Å². The van der Waals surface area contributed by atoms with E-state index < -0.39 is 292 Å². The number of aliphatic hydroxyl groups excluding tert-OH is 23. The molecule has 42 heteroatoms. The topological polar surface area (TPSA) is 649 Å². The molecule has 26 N–H and O–H groups in total. The zero-order chi connectivity index (χ0) is 80.5. The van der Waals surface area contributed by atoms with E-state index in [1.54, 1.807) is 0 Å². The third-order valence-electron chi connectivity index (χ3n) is 22.4. The van der Waals surface area contributed by atoms with Crippen molar-refractivity contribution in [2.75, 3.05) is 79.0 Å². The molecule has 30 aliphatic rings. The summed E-state index contributed by atoms with van der Waals surface area (Å²) in [5.41, 5.74) is 1.17. The van der Waals surface area contributed by atoms with Gasteiger partial charge < -0.3 is 209 Å². The molecule has 16 bridgehead atoms.